The van der Waals surface area contributed by atoms with Gasteiger partial charge < -0.3 is 15.1 Å². The number of hydrogen-bond acceptors (Lipinski definition) is 3. The van der Waals surface area contributed by atoms with Gasteiger partial charge in [-0.15, -0.1) is 0 Å². The fourth-order valence-corrected chi connectivity index (χ4v) is 2.57. The molecule has 0 aromatic heterocycles. The molecule has 6 nitrogen and oxygen atoms in total. The van der Waals surface area contributed by atoms with E-state index >= 15 is 0 Å². The van der Waals surface area contributed by atoms with Crippen LogP contribution in [-0.2, 0) is 0 Å². The lowest BCUT2D eigenvalue weighted by Crippen LogP contribution is -2.49. The molecule has 0 spiro atoms. The Kier molecular flexibility index (Phi) is 4.47. The van der Waals surface area contributed by atoms with Crippen molar-refractivity contribution in [3.8, 4) is 0 Å². The van der Waals surface area contributed by atoms with Crippen LogP contribution in [0.5, 0.6) is 0 Å². The molecule has 1 fully saturated rings. The largest absolute Gasteiger partial charge is 0.478 e. The van der Waals surface area contributed by atoms with E-state index in [4.69, 9.17) is 0 Å². The Morgan fingerprint density at radius 2 is 2.00 bits per heavy atom. The van der Waals surface area contributed by atoms with E-state index in [1.54, 1.807) is 30.1 Å². The summed E-state index contributed by atoms with van der Waals surface area (Å²) in [5.74, 6) is -1.04. The number of nitrogens with zero attached hydrogens (tertiary/aromatic N) is 2. The molecule has 2 atom stereocenters. The number of carbonyl (C=O) groups excluding carboxylic acids is 1. The smallest absolute Gasteiger partial charge is 0.337 e. The maximum atomic E-state index is 12.5. The minimum absolute atomic E-state index is 0.0193. The molecule has 6 heteroatoms. The van der Waals surface area contributed by atoms with Crippen LogP contribution < -0.4 is 4.90 Å². The Balaban J connectivity index is 2.18. The quantitative estimate of drug-likeness (QED) is 0.868. The summed E-state index contributed by atoms with van der Waals surface area (Å²) >= 11 is 0. The highest BCUT2D eigenvalue weighted by Crippen LogP contribution is 2.23. The van der Waals surface area contributed by atoms with Crippen LogP contribution in [0, 0.1) is 5.92 Å². The fourth-order valence-electron chi connectivity index (χ4n) is 2.57. The zero-order valence-electron chi connectivity index (χ0n) is 12.2. The summed E-state index contributed by atoms with van der Waals surface area (Å²) in [7, 11) is 1.57. The number of aliphatic hydroxyl groups excluding tert-OH is 1. The second-order valence-corrected chi connectivity index (χ2v) is 5.44. The molecule has 2 amide bonds. The molecule has 21 heavy (non-hydrogen) atoms. The topological polar surface area (TPSA) is 81.1 Å². The third-order valence-corrected chi connectivity index (χ3v) is 3.91. The van der Waals surface area contributed by atoms with Crippen molar-refractivity contribution in [3.63, 3.8) is 0 Å². The maximum absolute atomic E-state index is 12.5. The average molecular weight is 292 g/mol. The van der Waals surface area contributed by atoms with E-state index in [9.17, 15) is 19.8 Å². The number of urea groups is 1. The first kappa shape index (κ1) is 15.3. The Bertz CT molecular complexity index is 546. The lowest BCUT2D eigenvalue weighted by molar-refractivity contribution is 0.0495. The highest BCUT2D eigenvalue weighted by Gasteiger charge is 2.30. The number of rotatable bonds is 2. The van der Waals surface area contributed by atoms with Gasteiger partial charge in [0.2, 0.25) is 0 Å². The number of para-hydroxylation sites is 1. The van der Waals surface area contributed by atoms with Crippen LogP contribution in [-0.4, -0.2) is 53.4 Å². The molecule has 2 unspecified atom stereocenters. The number of amides is 2. The molecule has 1 aromatic rings. The van der Waals surface area contributed by atoms with Gasteiger partial charge in [0.15, 0.2) is 0 Å². The minimum atomic E-state index is -1.06. The molecule has 114 valence electrons. The zero-order chi connectivity index (χ0) is 15.6. The molecule has 0 bridgehead atoms. The number of carboxylic acids is 1. The Labute approximate surface area is 123 Å². The highest BCUT2D eigenvalue weighted by atomic mass is 16.4. The molecule has 1 heterocycles. The normalized spacial score (nSPS) is 22.0. The predicted molar refractivity (Wildman–Crippen MR) is 78.6 cm³/mol. The maximum Gasteiger partial charge on any atom is 0.337 e. The van der Waals surface area contributed by atoms with E-state index in [0.29, 0.717) is 25.2 Å². The van der Waals surface area contributed by atoms with Crippen molar-refractivity contribution in [1.82, 2.24) is 4.90 Å². The van der Waals surface area contributed by atoms with Crippen molar-refractivity contribution in [2.75, 3.05) is 25.0 Å². The van der Waals surface area contributed by atoms with E-state index < -0.39 is 5.97 Å². The molecule has 1 aliphatic rings. The monoisotopic (exact) mass is 292 g/mol. The van der Waals surface area contributed by atoms with Crippen molar-refractivity contribution in [1.29, 1.82) is 0 Å². The molecule has 1 aliphatic heterocycles. The van der Waals surface area contributed by atoms with E-state index in [0.717, 1.165) is 0 Å². The second kappa shape index (κ2) is 6.13. The Hall–Kier alpha value is -2.08. The van der Waals surface area contributed by atoms with E-state index in [2.05, 4.69) is 0 Å². The SMILES string of the molecule is CC1CN(C(=O)N(C)c2ccccc2C(=O)O)CCC1O. The zero-order valence-corrected chi connectivity index (χ0v) is 12.2. The first-order chi connectivity index (χ1) is 9.91. The standard InChI is InChI=1S/C15H20N2O4/c1-10-9-17(8-7-13(10)18)15(21)16(2)12-6-4-3-5-11(12)14(19)20/h3-6,10,13,18H,7-9H2,1-2H3,(H,19,20). The third-order valence-electron chi connectivity index (χ3n) is 3.91. The van der Waals surface area contributed by atoms with Gasteiger partial charge in [0.1, 0.15) is 0 Å². The van der Waals surface area contributed by atoms with Gasteiger partial charge in [0.05, 0.1) is 17.4 Å². The van der Waals surface area contributed by atoms with Crippen LogP contribution in [0.3, 0.4) is 0 Å². The van der Waals surface area contributed by atoms with Crippen molar-refractivity contribution in [2.45, 2.75) is 19.4 Å². The lowest BCUT2D eigenvalue weighted by atomic mass is 9.97. The molecule has 0 aliphatic carbocycles. The van der Waals surface area contributed by atoms with Crippen molar-refractivity contribution in [3.05, 3.63) is 29.8 Å². The number of likely N-dealkylation sites (tertiary alicyclic amines) is 1. The number of hydrogen-bond donors (Lipinski definition) is 2. The van der Waals surface area contributed by atoms with Crippen molar-refractivity contribution >= 4 is 17.7 Å². The van der Waals surface area contributed by atoms with Gasteiger partial charge in [-0.25, -0.2) is 9.59 Å². The summed E-state index contributed by atoms with van der Waals surface area (Å²) in [5.41, 5.74) is 0.465. The van der Waals surface area contributed by atoms with Crippen molar-refractivity contribution in [2.24, 2.45) is 5.92 Å². The highest BCUT2D eigenvalue weighted by molar-refractivity contribution is 6.01. The molecule has 2 rings (SSSR count). The van der Waals surface area contributed by atoms with Crippen LogP contribution in [0.25, 0.3) is 0 Å². The first-order valence-electron chi connectivity index (χ1n) is 6.95. The van der Waals surface area contributed by atoms with Crippen LogP contribution >= 0.6 is 0 Å². The van der Waals surface area contributed by atoms with E-state index in [-0.39, 0.29) is 23.6 Å². The molecule has 0 saturated carbocycles. The van der Waals surface area contributed by atoms with Crippen LogP contribution in [0.2, 0.25) is 0 Å². The number of aliphatic hydroxyl groups is 1. The van der Waals surface area contributed by atoms with Crippen LogP contribution in [0.1, 0.15) is 23.7 Å². The summed E-state index contributed by atoms with van der Waals surface area (Å²) in [6.45, 7) is 2.85. The average Bonchev–Trinajstić information content (AvgIpc) is 2.48. The fraction of sp³-hybridized carbons (Fsp3) is 0.467. The predicted octanol–water partition coefficient (Wildman–Crippen LogP) is 1.64. The van der Waals surface area contributed by atoms with Gasteiger partial charge in [-0.3, -0.25) is 4.90 Å². The molecule has 1 saturated heterocycles. The van der Waals surface area contributed by atoms with Gasteiger partial charge in [-0.1, -0.05) is 19.1 Å². The van der Waals surface area contributed by atoms with E-state index in [1.165, 1.54) is 11.0 Å². The summed E-state index contributed by atoms with van der Waals surface area (Å²) in [6.07, 6.45) is 0.159. The third kappa shape index (κ3) is 3.16. The Morgan fingerprint density at radius 1 is 1.33 bits per heavy atom. The lowest BCUT2D eigenvalue weighted by Gasteiger charge is -2.36. The molecular formula is C15H20N2O4. The summed E-state index contributed by atoms with van der Waals surface area (Å²) < 4.78 is 0. The summed E-state index contributed by atoms with van der Waals surface area (Å²) in [4.78, 5) is 26.7. The van der Waals surface area contributed by atoms with Crippen LogP contribution in [0.15, 0.2) is 24.3 Å². The number of benzene rings is 1. The number of aromatic carboxylic acids is 1. The number of carboxylic acid groups (broad SMARTS) is 1. The first-order valence-corrected chi connectivity index (χ1v) is 6.95. The molecule has 2 N–H and O–H groups in total. The number of piperidine rings is 1. The minimum Gasteiger partial charge on any atom is -0.478 e. The molecular weight excluding hydrogens is 272 g/mol. The Morgan fingerprint density at radius 3 is 2.62 bits per heavy atom. The summed E-state index contributed by atoms with van der Waals surface area (Å²) in [5, 5.41) is 18.9. The number of carbonyl (C=O) groups is 2. The van der Waals surface area contributed by atoms with Crippen molar-refractivity contribution < 1.29 is 19.8 Å². The van der Waals surface area contributed by atoms with Gasteiger partial charge >= 0.3 is 12.0 Å². The number of anilines is 1. The van der Waals surface area contributed by atoms with Crippen LogP contribution in [0.4, 0.5) is 10.5 Å². The van der Waals surface area contributed by atoms with Gasteiger partial charge in [-0.05, 0) is 24.5 Å². The van der Waals surface area contributed by atoms with Gasteiger partial charge in [0.25, 0.3) is 0 Å². The second-order valence-electron chi connectivity index (χ2n) is 5.44. The van der Waals surface area contributed by atoms with Gasteiger partial charge in [0, 0.05) is 20.1 Å². The molecule has 0 radical (unpaired) electrons. The van der Waals surface area contributed by atoms with Gasteiger partial charge in [-0.2, -0.15) is 0 Å². The molecule has 1 aromatic carbocycles. The van der Waals surface area contributed by atoms with E-state index in [1.807, 2.05) is 6.92 Å². The summed E-state index contributed by atoms with van der Waals surface area (Å²) in [6, 6.07) is 6.18.